The number of ketones is 1. The van der Waals surface area contributed by atoms with Gasteiger partial charge in [-0.05, 0) is 43.9 Å². The van der Waals surface area contributed by atoms with Crippen molar-refractivity contribution in [3.05, 3.63) is 57.9 Å². The van der Waals surface area contributed by atoms with Crippen molar-refractivity contribution in [2.75, 3.05) is 13.1 Å². The highest BCUT2D eigenvalue weighted by Crippen LogP contribution is 2.35. The number of H-pyrrole nitrogens is 1. The van der Waals surface area contributed by atoms with E-state index in [1.807, 2.05) is 31.2 Å². The van der Waals surface area contributed by atoms with E-state index in [9.17, 15) is 14.7 Å². The van der Waals surface area contributed by atoms with Crippen LogP contribution in [0.2, 0.25) is 0 Å². The van der Waals surface area contributed by atoms with E-state index in [1.165, 1.54) is 6.92 Å². The topological polar surface area (TPSA) is 73.4 Å². The van der Waals surface area contributed by atoms with Crippen LogP contribution in [0.1, 0.15) is 56.6 Å². The van der Waals surface area contributed by atoms with E-state index in [0.29, 0.717) is 35.5 Å². The number of Topliss-reactive ketones (excluding diaryl/α,β-unsaturated/α-hetero) is 1. The van der Waals surface area contributed by atoms with Gasteiger partial charge < -0.3 is 15.0 Å². The number of aliphatic hydroxyl groups is 1. The largest absolute Gasteiger partial charge is 0.383 e. The molecule has 1 aromatic heterocycles. The Morgan fingerprint density at radius 2 is 1.88 bits per heavy atom. The highest BCUT2D eigenvalue weighted by Gasteiger charge is 2.41. The van der Waals surface area contributed by atoms with Crippen LogP contribution >= 0.6 is 0 Å². The van der Waals surface area contributed by atoms with E-state index in [-0.39, 0.29) is 18.2 Å². The molecule has 5 nitrogen and oxygen atoms in total. The maximum atomic E-state index is 13.0. The predicted molar refractivity (Wildman–Crippen MR) is 95.9 cm³/mol. The summed E-state index contributed by atoms with van der Waals surface area (Å²) in [6.45, 7) is 7.79. The lowest BCUT2D eigenvalue weighted by atomic mass is 9.89. The fraction of sp³-hybridized carbons (Fsp3) is 0.400. The highest BCUT2D eigenvalue weighted by molar-refractivity contribution is 6.02. The lowest BCUT2D eigenvalue weighted by molar-refractivity contribution is 0.0412. The lowest BCUT2D eigenvalue weighted by Crippen LogP contribution is -2.35. The molecule has 1 atom stereocenters. The minimum Gasteiger partial charge on any atom is -0.383 e. The number of aryl methyl sites for hydroxylation is 2. The average molecular weight is 340 g/mol. The molecule has 0 radical (unpaired) electrons. The molecule has 132 valence electrons. The molecule has 1 fully saturated rings. The van der Waals surface area contributed by atoms with Crippen molar-refractivity contribution in [2.45, 2.75) is 39.7 Å². The van der Waals surface area contributed by atoms with Crippen molar-refractivity contribution < 1.29 is 14.7 Å². The van der Waals surface area contributed by atoms with E-state index < -0.39 is 5.60 Å². The van der Waals surface area contributed by atoms with Gasteiger partial charge in [-0.15, -0.1) is 0 Å². The van der Waals surface area contributed by atoms with Gasteiger partial charge in [0.05, 0.1) is 17.8 Å². The van der Waals surface area contributed by atoms with Gasteiger partial charge in [-0.1, -0.05) is 24.3 Å². The Balaban J connectivity index is 1.89. The summed E-state index contributed by atoms with van der Waals surface area (Å²) in [4.78, 5) is 29.4. The number of rotatable bonds is 3. The molecule has 0 saturated carbocycles. The highest BCUT2D eigenvalue weighted by atomic mass is 16.3. The minimum atomic E-state index is -1.03. The molecule has 2 heterocycles. The van der Waals surface area contributed by atoms with Crippen LogP contribution in [0.25, 0.3) is 0 Å². The summed E-state index contributed by atoms with van der Waals surface area (Å²) in [6, 6.07) is 7.74. The Morgan fingerprint density at radius 3 is 2.48 bits per heavy atom. The van der Waals surface area contributed by atoms with Crippen molar-refractivity contribution in [3.8, 4) is 0 Å². The van der Waals surface area contributed by atoms with Gasteiger partial charge in [0, 0.05) is 19.2 Å². The van der Waals surface area contributed by atoms with Crippen molar-refractivity contribution in [2.24, 2.45) is 0 Å². The number of likely N-dealkylation sites (tertiary alicyclic amines) is 1. The van der Waals surface area contributed by atoms with E-state index in [1.54, 1.807) is 18.7 Å². The van der Waals surface area contributed by atoms with Crippen molar-refractivity contribution in [3.63, 3.8) is 0 Å². The molecule has 0 aliphatic carbocycles. The van der Waals surface area contributed by atoms with Gasteiger partial charge in [0.2, 0.25) is 0 Å². The smallest absolute Gasteiger partial charge is 0.256 e. The number of β-amino-alcohol motifs (C(OH)–C–C–N with tert-alkyl or cyclic N) is 1. The van der Waals surface area contributed by atoms with Crippen LogP contribution in [0.3, 0.4) is 0 Å². The van der Waals surface area contributed by atoms with Gasteiger partial charge in [0.1, 0.15) is 5.60 Å². The third-order valence-electron chi connectivity index (χ3n) is 5.18. The summed E-state index contributed by atoms with van der Waals surface area (Å²) >= 11 is 0. The molecule has 2 N–H and O–H groups in total. The standard InChI is InChI=1S/C20H24N2O3/c1-12-7-5-6-8-16(12)20(25)9-10-22(11-20)19(24)17-13(2)18(15(4)23)21-14(17)3/h5-8,21,25H,9-11H2,1-4H3. The third kappa shape index (κ3) is 2.89. The Labute approximate surface area is 147 Å². The summed E-state index contributed by atoms with van der Waals surface area (Å²) in [5.74, 6) is -0.222. The molecule has 1 saturated heterocycles. The first kappa shape index (κ1) is 17.4. The zero-order chi connectivity index (χ0) is 18.4. The number of carbonyl (C=O) groups excluding carboxylic acids is 2. The number of nitrogens with one attached hydrogen (secondary N) is 1. The number of nitrogens with zero attached hydrogens (tertiary/aromatic N) is 1. The molecule has 5 heteroatoms. The summed E-state index contributed by atoms with van der Waals surface area (Å²) < 4.78 is 0. The zero-order valence-corrected chi connectivity index (χ0v) is 15.1. The molecule has 1 unspecified atom stereocenters. The molecular weight excluding hydrogens is 316 g/mol. The molecule has 2 aromatic rings. The van der Waals surface area contributed by atoms with Crippen molar-refractivity contribution in [1.82, 2.24) is 9.88 Å². The molecule has 25 heavy (non-hydrogen) atoms. The number of aromatic amines is 1. The van der Waals surface area contributed by atoms with E-state index in [4.69, 9.17) is 0 Å². The van der Waals surface area contributed by atoms with Crippen LogP contribution in [-0.2, 0) is 5.60 Å². The van der Waals surface area contributed by atoms with Crippen molar-refractivity contribution >= 4 is 11.7 Å². The van der Waals surface area contributed by atoms with Crippen LogP contribution in [0.4, 0.5) is 0 Å². The van der Waals surface area contributed by atoms with E-state index in [0.717, 1.165) is 11.1 Å². The van der Waals surface area contributed by atoms with Crippen LogP contribution in [-0.4, -0.2) is 39.8 Å². The molecular formula is C20H24N2O3. The average Bonchev–Trinajstić information content (AvgIpc) is 3.09. The maximum absolute atomic E-state index is 13.0. The second kappa shape index (κ2) is 6.15. The molecule has 1 aromatic carbocycles. The number of benzene rings is 1. The minimum absolute atomic E-state index is 0.0857. The number of aromatic nitrogens is 1. The molecule has 1 aliphatic heterocycles. The second-order valence-electron chi connectivity index (χ2n) is 7.00. The van der Waals surface area contributed by atoms with Crippen LogP contribution < -0.4 is 0 Å². The van der Waals surface area contributed by atoms with Crippen LogP contribution in [0, 0.1) is 20.8 Å². The summed E-state index contributed by atoms with van der Waals surface area (Å²) in [5.41, 5.74) is 3.26. The Hall–Kier alpha value is -2.40. The van der Waals surface area contributed by atoms with E-state index in [2.05, 4.69) is 4.98 Å². The Bertz CT molecular complexity index is 853. The van der Waals surface area contributed by atoms with Crippen LogP contribution in [0.5, 0.6) is 0 Å². The number of carbonyl (C=O) groups is 2. The quantitative estimate of drug-likeness (QED) is 0.844. The second-order valence-corrected chi connectivity index (χ2v) is 7.00. The van der Waals surface area contributed by atoms with E-state index >= 15 is 0 Å². The maximum Gasteiger partial charge on any atom is 0.256 e. The fourth-order valence-electron chi connectivity index (χ4n) is 3.86. The summed E-state index contributed by atoms with van der Waals surface area (Å²) in [6.07, 6.45) is 0.506. The number of hydrogen-bond acceptors (Lipinski definition) is 3. The Morgan fingerprint density at radius 1 is 1.20 bits per heavy atom. The third-order valence-corrected chi connectivity index (χ3v) is 5.18. The van der Waals surface area contributed by atoms with Gasteiger partial charge in [-0.3, -0.25) is 9.59 Å². The Kier molecular flexibility index (Phi) is 4.29. The molecule has 1 amide bonds. The number of amides is 1. The summed E-state index contributed by atoms with van der Waals surface area (Å²) in [7, 11) is 0. The fourth-order valence-corrected chi connectivity index (χ4v) is 3.86. The van der Waals surface area contributed by atoms with Gasteiger partial charge in [0.15, 0.2) is 5.78 Å². The SMILES string of the molecule is CC(=O)c1[nH]c(C)c(C(=O)N2CCC(O)(c3ccccc3C)C2)c1C. The first-order valence-corrected chi connectivity index (χ1v) is 8.52. The molecule has 0 spiro atoms. The van der Waals surface area contributed by atoms with Gasteiger partial charge in [-0.25, -0.2) is 0 Å². The van der Waals surface area contributed by atoms with Gasteiger partial charge >= 0.3 is 0 Å². The number of hydrogen-bond donors (Lipinski definition) is 2. The van der Waals surface area contributed by atoms with Gasteiger partial charge in [0.25, 0.3) is 5.91 Å². The first-order valence-electron chi connectivity index (χ1n) is 8.52. The van der Waals surface area contributed by atoms with Crippen LogP contribution in [0.15, 0.2) is 24.3 Å². The molecule has 1 aliphatic rings. The van der Waals surface area contributed by atoms with Crippen molar-refractivity contribution in [1.29, 1.82) is 0 Å². The lowest BCUT2D eigenvalue weighted by Gasteiger charge is -2.25. The molecule has 0 bridgehead atoms. The summed E-state index contributed by atoms with van der Waals surface area (Å²) in [5, 5.41) is 11.1. The first-order chi connectivity index (χ1) is 11.7. The normalized spacial score (nSPS) is 20.1. The monoisotopic (exact) mass is 340 g/mol. The molecule has 3 rings (SSSR count). The zero-order valence-electron chi connectivity index (χ0n) is 15.1. The predicted octanol–water partition coefficient (Wildman–Crippen LogP) is 2.88. The van der Waals surface area contributed by atoms with Gasteiger partial charge in [-0.2, -0.15) is 0 Å².